The molecule has 62 valence electrons. The molecule has 0 aliphatic carbocycles. The van der Waals surface area contributed by atoms with Gasteiger partial charge in [0.25, 0.3) is 0 Å². The molecule has 3 heteroatoms. The zero-order valence-electron chi connectivity index (χ0n) is 6.18. The van der Waals surface area contributed by atoms with E-state index in [0.717, 1.165) is 9.80 Å². The van der Waals surface area contributed by atoms with Crippen molar-refractivity contribution in [3.63, 3.8) is 0 Å². The van der Waals surface area contributed by atoms with Crippen molar-refractivity contribution in [2.24, 2.45) is 0 Å². The molecule has 0 atom stereocenters. The Morgan fingerprint density at radius 3 is 2.83 bits per heavy atom. The average molecular weight is 306 g/mol. The molecule has 0 amide bonds. The molecule has 0 saturated carbocycles. The van der Waals surface area contributed by atoms with Gasteiger partial charge < -0.3 is 0 Å². The Bertz CT molecular complexity index is 406. The number of hydrogen-bond donors (Lipinski definition) is 0. The fraction of sp³-hybridized carbons (Fsp3) is 0.111. The summed E-state index contributed by atoms with van der Waals surface area (Å²) in [7, 11) is 0. The number of hydrogen-bond acceptors (Lipinski definition) is 1. The standard InChI is InChI=1S/C9H6Br2S/c10-5-8-3-6-1-2-7(11)4-9(6)12-8/h1-4H,5H2. The van der Waals surface area contributed by atoms with Gasteiger partial charge in [0, 0.05) is 19.4 Å². The van der Waals surface area contributed by atoms with Crippen LogP contribution >= 0.6 is 43.2 Å². The van der Waals surface area contributed by atoms with E-state index in [1.54, 1.807) is 0 Å². The van der Waals surface area contributed by atoms with Crippen molar-refractivity contribution in [3.8, 4) is 0 Å². The Kier molecular flexibility index (Phi) is 2.53. The molecule has 0 spiro atoms. The molecule has 0 N–H and O–H groups in total. The van der Waals surface area contributed by atoms with Crippen molar-refractivity contribution < 1.29 is 0 Å². The molecule has 0 radical (unpaired) electrons. The molecule has 12 heavy (non-hydrogen) atoms. The van der Waals surface area contributed by atoms with Gasteiger partial charge in [-0.05, 0) is 23.6 Å². The third kappa shape index (κ3) is 1.58. The maximum absolute atomic E-state index is 3.46. The van der Waals surface area contributed by atoms with Crippen LogP contribution in [-0.2, 0) is 5.33 Å². The van der Waals surface area contributed by atoms with Crippen LogP contribution in [0.15, 0.2) is 28.7 Å². The molecule has 0 nitrogen and oxygen atoms in total. The molecule has 1 aromatic heterocycles. The van der Waals surface area contributed by atoms with Crippen LogP contribution in [0, 0.1) is 0 Å². The molecule has 2 aromatic rings. The Hall–Kier alpha value is 0.140. The number of thiophene rings is 1. The lowest BCUT2D eigenvalue weighted by Crippen LogP contribution is -1.62. The first-order valence-corrected chi connectivity index (χ1v) is 6.26. The van der Waals surface area contributed by atoms with Gasteiger partial charge in [0.15, 0.2) is 0 Å². The number of rotatable bonds is 1. The van der Waals surface area contributed by atoms with E-state index < -0.39 is 0 Å². The predicted molar refractivity (Wildman–Crippen MR) is 62.2 cm³/mol. The van der Waals surface area contributed by atoms with E-state index in [2.05, 4.69) is 56.1 Å². The van der Waals surface area contributed by atoms with Crippen LogP contribution in [-0.4, -0.2) is 0 Å². The Morgan fingerprint density at radius 1 is 1.25 bits per heavy atom. The van der Waals surface area contributed by atoms with E-state index >= 15 is 0 Å². The summed E-state index contributed by atoms with van der Waals surface area (Å²) in [5.41, 5.74) is 0. The summed E-state index contributed by atoms with van der Waals surface area (Å²) in [5.74, 6) is 0. The van der Waals surface area contributed by atoms with Crippen LogP contribution in [0.3, 0.4) is 0 Å². The average Bonchev–Trinajstić information content (AvgIpc) is 2.46. The van der Waals surface area contributed by atoms with Crippen LogP contribution < -0.4 is 0 Å². The maximum atomic E-state index is 3.46. The molecular weight excluding hydrogens is 300 g/mol. The normalized spacial score (nSPS) is 10.8. The quantitative estimate of drug-likeness (QED) is 0.678. The van der Waals surface area contributed by atoms with Gasteiger partial charge >= 0.3 is 0 Å². The van der Waals surface area contributed by atoms with Gasteiger partial charge in [0.05, 0.1) is 0 Å². The van der Waals surface area contributed by atoms with Crippen molar-refractivity contribution in [1.82, 2.24) is 0 Å². The largest absolute Gasteiger partial charge is 0.139 e. The minimum absolute atomic E-state index is 0.948. The van der Waals surface area contributed by atoms with E-state index in [-0.39, 0.29) is 0 Å². The number of benzene rings is 1. The van der Waals surface area contributed by atoms with Crippen molar-refractivity contribution in [2.45, 2.75) is 5.33 Å². The molecule has 0 aliphatic rings. The summed E-state index contributed by atoms with van der Waals surface area (Å²) in [6.07, 6.45) is 0. The molecule has 0 saturated heterocycles. The van der Waals surface area contributed by atoms with E-state index in [9.17, 15) is 0 Å². The maximum Gasteiger partial charge on any atom is 0.0377 e. The van der Waals surface area contributed by atoms with Gasteiger partial charge in [-0.1, -0.05) is 37.9 Å². The van der Waals surface area contributed by atoms with Crippen molar-refractivity contribution >= 4 is 53.3 Å². The van der Waals surface area contributed by atoms with E-state index in [1.165, 1.54) is 15.0 Å². The second-order valence-corrected chi connectivity index (χ2v) is 5.17. The molecule has 2 rings (SSSR count). The van der Waals surface area contributed by atoms with Crippen molar-refractivity contribution in [3.05, 3.63) is 33.6 Å². The second kappa shape index (κ2) is 3.48. The van der Waals surface area contributed by atoms with Gasteiger partial charge in [0.1, 0.15) is 0 Å². The highest BCUT2D eigenvalue weighted by atomic mass is 79.9. The lowest BCUT2D eigenvalue weighted by atomic mass is 10.2. The van der Waals surface area contributed by atoms with Gasteiger partial charge in [-0.2, -0.15) is 0 Å². The Labute approximate surface area is 91.9 Å². The van der Waals surface area contributed by atoms with Crippen LogP contribution in [0.2, 0.25) is 0 Å². The van der Waals surface area contributed by atoms with Crippen molar-refractivity contribution in [1.29, 1.82) is 0 Å². The summed E-state index contributed by atoms with van der Waals surface area (Å²) in [6, 6.07) is 8.60. The fourth-order valence-electron chi connectivity index (χ4n) is 1.13. The predicted octanol–water partition coefficient (Wildman–Crippen LogP) is 4.56. The first-order chi connectivity index (χ1) is 5.79. The minimum atomic E-state index is 0.948. The summed E-state index contributed by atoms with van der Waals surface area (Å²) in [5, 5.41) is 2.28. The van der Waals surface area contributed by atoms with E-state index in [0.29, 0.717) is 0 Å². The molecule has 0 bridgehead atoms. The number of alkyl halides is 1. The minimum Gasteiger partial charge on any atom is -0.139 e. The first-order valence-electron chi connectivity index (χ1n) is 3.53. The highest BCUT2D eigenvalue weighted by Gasteiger charge is 1.99. The molecule has 0 unspecified atom stereocenters. The fourth-order valence-corrected chi connectivity index (χ4v) is 3.10. The molecule has 0 aliphatic heterocycles. The molecule has 0 fully saturated rings. The monoisotopic (exact) mass is 304 g/mol. The van der Waals surface area contributed by atoms with Gasteiger partial charge in [-0.3, -0.25) is 0 Å². The van der Waals surface area contributed by atoms with Gasteiger partial charge in [0.2, 0.25) is 0 Å². The van der Waals surface area contributed by atoms with Crippen LogP contribution in [0.5, 0.6) is 0 Å². The van der Waals surface area contributed by atoms with E-state index in [1.807, 2.05) is 11.3 Å². The van der Waals surface area contributed by atoms with Gasteiger partial charge in [-0.15, -0.1) is 11.3 Å². The third-order valence-electron chi connectivity index (χ3n) is 1.66. The molecular formula is C9H6Br2S. The van der Waals surface area contributed by atoms with Crippen molar-refractivity contribution in [2.75, 3.05) is 0 Å². The van der Waals surface area contributed by atoms with E-state index in [4.69, 9.17) is 0 Å². The highest BCUT2D eigenvalue weighted by Crippen LogP contribution is 2.29. The summed E-state index contributed by atoms with van der Waals surface area (Å²) in [4.78, 5) is 1.38. The lowest BCUT2D eigenvalue weighted by molar-refractivity contribution is 1.60. The zero-order valence-corrected chi connectivity index (χ0v) is 10.2. The van der Waals surface area contributed by atoms with Crippen LogP contribution in [0.1, 0.15) is 4.88 Å². The number of halogens is 2. The Morgan fingerprint density at radius 2 is 2.08 bits per heavy atom. The summed E-state index contributed by atoms with van der Waals surface area (Å²) >= 11 is 8.75. The van der Waals surface area contributed by atoms with Crippen LogP contribution in [0.4, 0.5) is 0 Å². The Balaban J connectivity index is 2.67. The second-order valence-electron chi connectivity index (χ2n) is 2.53. The SMILES string of the molecule is BrCc1cc2ccc(Br)cc2s1. The number of fused-ring (bicyclic) bond motifs is 1. The summed E-state index contributed by atoms with van der Waals surface area (Å²) < 4.78 is 2.50. The molecule has 1 heterocycles. The highest BCUT2D eigenvalue weighted by molar-refractivity contribution is 9.10. The third-order valence-corrected chi connectivity index (χ3v) is 4.23. The summed E-state index contributed by atoms with van der Waals surface area (Å²) in [6.45, 7) is 0. The molecule has 1 aromatic carbocycles. The van der Waals surface area contributed by atoms with Crippen LogP contribution in [0.25, 0.3) is 10.1 Å². The topological polar surface area (TPSA) is 0 Å². The van der Waals surface area contributed by atoms with Gasteiger partial charge in [-0.25, -0.2) is 0 Å². The lowest BCUT2D eigenvalue weighted by Gasteiger charge is -1.88. The zero-order chi connectivity index (χ0) is 8.55. The smallest absolute Gasteiger partial charge is 0.0377 e. The first kappa shape index (κ1) is 8.73.